The van der Waals surface area contributed by atoms with E-state index in [1.54, 1.807) is 7.11 Å². The Balaban J connectivity index is 1.94. The third-order valence-electron chi connectivity index (χ3n) is 4.55. The van der Waals surface area contributed by atoms with Gasteiger partial charge in [-0.3, -0.25) is 0 Å². The topological polar surface area (TPSA) is 9.23 Å². The Bertz CT molecular complexity index is 1060. The quantitative estimate of drug-likeness (QED) is 0.374. The van der Waals surface area contributed by atoms with Crippen LogP contribution in [0.15, 0.2) is 66.7 Å². The molecule has 0 atom stereocenters. The van der Waals surface area contributed by atoms with Gasteiger partial charge in [0.1, 0.15) is 0 Å². The van der Waals surface area contributed by atoms with E-state index < -0.39 is 0 Å². The second-order valence-electron chi connectivity index (χ2n) is 6.38. The summed E-state index contributed by atoms with van der Waals surface area (Å²) >= 11 is 0.259. The summed E-state index contributed by atoms with van der Waals surface area (Å²) in [5, 5.41) is 5.46. The molecule has 4 aromatic rings. The molecule has 0 radical (unpaired) electrons. The third-order valence-corrected chi connectivity index (χ3v) is 6.75. The van der Waals surface area contributed by atoms with E-state index >= 15 is 0 Å². The van der Waals surface area contributed by atoms with Crippen molar-refractivity contribution in [3.63, 3.8) is 0 Å². The van der Waals surface area contributed by atoms with E-state index in [0.29, 0.717) is 0 Å². The zero-order valence-electron chi connectivity index (χ0n) is 14.7. The van der Waals surface area contributed by atoms with Crippen molar-refractivity contribution in [3.8, 4) is 5.75 Å². The Kier molecular flexibility index (Phi) is 4.25. The van der Waals surface area contributed by atoms with Gasteiger partial charge in [-0.05, 0) is 0 Å². The molecule has 0 unspecified atom stereocenters. The zero-order chi connectivity index (χ0) is 17.4. The first-order valence-corrected chi connectivity index (χ1v) is 10.1. The van der Waals surface area contributed by atoms with Crippen LogP contribution in [0.5, 0.6) is 5.75 Å². The molecule has 4 aromatic carbocycles. The van der Waals surface area contributed by atoms with Gasteiger partial charge in [0, 0.05) is 0 Å². The Morgan fingerprint density at radius 1 is 0.800 bits per heavy atom. The number of rotatable bonds is 3. The van der Waals surface area contributed by atoms with Crippen LogP contribution in [0.25, 0.3) is 21.5 Å². The second-order valence-corrected chi connectivity index (χ2v) is 8.72. The Hall–Kier alpha value is -2.28. The van der Waals surface area contributed by atoms with Crippen molar-refractivity contribution in [1.82, 2.24) is 0 Å². The van der Waals surface area contributed by atoms with E-state index in [9.17, 15) is 0 Å². The molecular weight excluding hydrogens is 371 g/mol. The van der Waals surface area contributed by atoms with E-state index in [2.05, 4.69) is 80.6 Å². The number of fused-ring (bicyclic) bond motifs is 3. The van der Waals surface area contributed by atoms with Crippen LogP contribution in [-0.2, 0) is 0 Å². The van der Waals surface area contributed by atoms with Crippen LogP contribution in [0.3, 0.4) is 0 Å². The molecule has 1 nitrogen and oxygen atoms in total. The first-order valence-electron chi connectivity index (χ1n) is 8.40. The average Bonchev–Trinajstić information content (AvgIpc) is 2.62. The van der Waals surface area contributed by atoms with Crippen molar-refractivity contribution >= 4 is 45.4 Å². The number of aryl methyl sites for hydroxylation is 2. The minimum atomic E-state index is 0.259. The van der Waals surface area contributed by atoms with Gasteiger partial charge in [-0.1, -0.05) is 0 Å². The molecule has 0 N–H and O–H groups in total. The summed E-state index contributed by atoms with van der Waals surface area (Å²) in [5.74, 6) is 0.912. The average molecular weight is 391 g/mol. The summed E-state index contributed by atoms with van der Waals surface area (Å²) in [6.45, 7) is 4.42. The van der Waals surface area contributed by atoms with Crippen LogP contribution in [0.2, 0.25) is 0 Å². The van der Waals surface area contributed by atoms with E-state index in [1.165, 1.54) is 41.6 Å². The number of methoxy groups -OCH3 is 1. The van der Waals surface area contributed by atoms with E-state index in [1.807, 2.05) is 0 Å². The van der Waals surface area contributed by atoms with Gasteiger partial charge in [0.05, 0.1) is 0 Å². The molecule has 0 aliphatic carbocycles. The first kappa shape index (κ1) is 16.2. The van der Waals surface area contributed by atoms with Gasteiger partial charge in [-0.25, -0.2) is 0 Å². The molecule has 0 spiro atoms. The number of ether oxygens (including phenoxy) is 1. The van der Waals surface area contributed by atoms with Gasteiger partial charge >= 0.3 is 155 Å². The summed E-state index contributed by atoms with van der Waals surface area (Å²) in [4.78, 5) is 0. The molecule has 4 rings (SSSR count). The van der Waals surface area contributed by atoms with Gasteiger partial charge < -0.3 is 0 Å². The fourth-order valence-corrected chi connectivity index (χ4v) is 5.72. The molecule has 0 aliphatic rings. The van der Waals surface area contributed by atoms with Crippen molar-refractivity contribution in [1.29, 1.82) is 0 Å². The molecule has 0 saturated carbocycles. The van der Waals surface area contributed by atoms with Crippen molar-refractivity contribution < 1.29 is 4.74 Å². The van der Waals surface area contributed by atoms with Crippen LogP contribution < -0.4 is 13.7 Å². The summed E-state index contributed by atoms with van der Waals surface area (Å²) < 4.78 is 8.10. The first-order chi connectivity index (χ1) is 12.2. The Morgan fingerprint density at radius 3 is 2.32 bits per heavy atom. The molecule has 0 amide bonds. The summed E-state index contributed by atoms with van der Waals surface area (Å²) in [7, 11) is 1.71. The number of hydrogen-bond donors (Lipinski definition) is 0. The maximum absolute atomic E-state index is 5.29. The van der Waals surface area contributed by atoms with E-state index in [-0.39, 0.29) is 15.0 Å². The summed E-state index contributed by atoms with van der Waals surface area (Å²) in [6, 6.07) is 24.2. The molecule has 0 fully saturated rings. The van der Waals surface area contributed by atoms with Crippen LogP contribution in [-0.4, -0.2) is 22.1 Å². The predicted molar refractivity (Wildman–Crippen MR) is 109 cm³/mol. The molecule has 0 heterocycles. The van der Waals surface area contributed by atoms with Gasteiger partial charge in [-0.2, -0.15) is 0 Å². The molecule has 0 bridgehead atoms. The van der Waals surface area contributed by atoms with Gasteiger partial charge in [0.25, 0.3) is 0 Å². The zero-order valence-corrected chi connectivity index (χ0v) is 16.4. The minimum absolute atomic E-state index is 0.259. The van der Waals surface area contributed by atoms with Gasteiger partial charge in [-0.15, -0.1) is 0 Å². The van der Waals surface area contributed by atoms with E-state index in [0.717, 1.165) is 5.75 Å². The molecule has 0 aliphatic heterocycles. The summed E-state index contributed by atoms with van der Waals surface area (Å²) in [6.07, 6.45) is 0. The second kappa shape index (κ2) is 6.55. The Morgan fingerprint density at radius 2 is 1.56 bits per heavy atom. The normalized spacial score (nSPS) is 11.2. The monoisotopic (exact) mass is 392 g/mol. The molecular formula is C23H20OSe. The van der Waals surface area contributed by atoms with Crippen molar-refractivity contribution in [2.24, 2.45) is 0 Å². The summed E-state index contributed by atoms with van der Waals surface area (Å²) in [5.41, 5.74) is 2.69. The van der Waals surface area contributed by atoms with Gasteiger partial charge in [0.15, 0.2) is 0 Å². The fraction of sp³-hybridized carbons (Fsp3) is 0.130. The molecule has 25 heavy (non-hydrogen) atoms. The predicted octanol–water partition coefficient (Wildman–Crippen LogP) is 4.27. The van der Waals surface area contributed by atoms with E-state index in [4.69, 9.17) is 4.74 Å². The van der Waals surface area contributed by atoms with Gasteiger partial charge in [0.2, 0.25) is 0 Å². The molecule has 0 aromatic heterocycles. The van der Waals surface area contributed by atoms with Crippen molar-refractivity contribution in [2.75, 3.05) is 7.11 Å². The number of hydrogen-bond acceptors (Lipinski definition) is 1. The molecule has 124 valence electrons. The number of benzene rings is 4. The van der Waals surface area contributed by atoms with Crippen molar-refractivity contribution in [2.45, 2.75) is 13.8 Å². The third kappa shape index (κ3) is 3.04. The Labute approximate surface area is 154 Å². The standard InChI is InChI=1S/C23H20OSe/c1-15-12-16(2)23-21(13-15)20-7-5-4-6-17(20)14-22(23)25-19-10-8-18(24-3)9-11-19/h4-14H,1-3H3. The molecule has 0 saturated heterocycles. The van der Waals surface area contributed by atoms with Crippen LogP contribution in [0, 0.1) is 13.8 Å². The maximum atomic E-state index is 5.29. The van der Waals surface area contributed by atoms with Crippen LogP contribution in [0.1, 0.15) is 11.1 Å². The van der Waals surface area contributed by atoms with Crippen LogP contribution in [0.4, 0.5) is 0 Å². The fourth-order valence-electron chi connectivity index (χ4n) is 3.44. The molecule has 2 heteroatoms. The van der Waals surface area contributed by atoms with Crippen LogP contribution >= 0.6 is 0 Å². The van der Waals surface area contributed by atoms with Crippen molar-refractivity contribution in [3.05, 3.63) is 77.9 Å². The SMILES string of the molecule is COc1ccc([Se]c2cc3ccccc3c3cc(C)cc(C)c23)cc1.